The summed E-state index contributed by atoms with van der Waals surface area (Å²) in [7, 11) is 0. The summed E-state index contributed by atoms with van der Waals surface area (Å²) < 4.78 is 14.6. The first-order valence-electron chi connectivity index (χ1n) is 5.55. The Balaban J connectivity index is 3.46. The molecule has 0 aromatic rings. The molecule has 0 aliphatic carbocycles. The first-order chi connectivity index (χ1) is 7.85. The van der Waals surface area contributed by atoms with Crippen molar-refractivity contribution in [3.05, 3.63) is 0 Å². The van der Waals surface area contributed by atoms with Gasteiger partial charge in [-0.05, 0) is 27.7 Å². The fraction of sp³-hybridized carbons (Fsp3) is 0.818. The molecule has 0 bridgehead atoms. The third-order valence-corrected chi connectivity index (χ3v) is 1.44. The van der Waals surface area contributed by atoms with E-state index in [2.05, 4.69) is 10.1 Å². The van der Waals surface area contributed by atoms with E-state index in [4.69, 9.17) is 9.47 Å². The van der Waals surface area contributed by atoms with Crippen LogP contribution in [0.25, 0.3) is 0 Å². The molecule has 0 fully saturated rings. The lowest BCUT2D eigenvalue weighted by Crippen LogP contribution is -2.34. The van der Waals surface area contributed by atoms with Crippen LogP contribution in [0.1, 0.15) is 27.7 Å². The van der Waals surface area contributed by atoms with E-state index in [1.807, 2.05) is 0 Å². The molecule has 0 saturated carbocycles. The molecule has 17 heavy (non-hydrogen) atoms. The molecule has 0 aliphatic rings. The Morgan fingerprint density at radius 2 is 1.88 bits per heavy atom. The fourth-order valence-electron chi connectivity index (χ4n) is 0.898. The van der Waals surface area contributed by atoms with Gasteiger partial charge in [0.15, 0.2) is 0 Å². The van der Waals surface area contributed by atoms with Gasteiger partial charge in [-0.1, -0.05) is 0 Å². The Labute approximate surface area is 102 Å². The second-order valence-corrected chi connectivity index (χ2v) is 4.29. The molecule has 0 rings (SSSR count). The fourth-order valence-corrected chi connectivity index (χ4v) is 0.898. The summed E-state index contributed by atoms with van der Waals surface area (Å²) in [6.45, 7) is 7.81. The van der Waals surface area contributed by atoms with Crippen LogP contribution >= 0.6 is 0 Å². The molecule has 0 aliphatic heterocycles. The minimum absolute atomic E-state index is 0.107. The van der Waals surface area contributed by atoms with Gasteiger partial charge < -0.3 is 19.5 Å². The number of alkyl carbamates (subject to hydrolysis) is 1. The first-order valence-corrected chi connectivity index (χ1v) is 5.55. The van der Waals surface area contributed by atoms with E-state index < -0.39 is 17.7 Å². The summed E-state index contributed by atoms with van der Waals surface area (Å²) >= 11 is 0. The Kier molecular flexibility index (Phi) is 7.29. The van der Waals surface area contributed by atoms with Gasteiger partial charge in [0.05, 0.1) is 13.2 Å². The number of ether oxygens (including phenoxy) is 3. The van der Waals surface area contributed by atoms with Crippen LogP contribution in [0.15, 0.2) is 0 Å². The van der Waals surface area contributed by atoms with Crippen molar-refractivity contribution < 1.29 is 23.8 Å². The van der Waals surface area contributed by atoms with E-state index in [-0.39, 0.29) is 19.8 Å². The quantitative estimate of drug-likeness (QED) is 0.562. The summed E-state index contributed by atoms with van der Waals surface area (Å²) in [5.41, 5.74) is -0.518. The minimum atomic E-state index is -0.518. The van der Waals surface area contributed by atoms with E-state index in [1.165, 1.54) is 0 Å². The van der Waals surface area contributed by atoms with Gasteiger partial charge >= 0.3 is 12.1 Å². The van der Waals surface area contributed by atoms with Gasteiger partial charge in [-0.3, -0.25) is 0 Å². The SMILES string of the molecule is CCOC(=O)COCCNC(=O)OC(C)(C)C. The molecular formula is C11H21NO5. The van der Waals surface area contributed by atoms with Crippen molar-refractivity contribution in [3.63, 3.8) is 0 Å². The summed E-state index contributed by atoms with van der Waals surface area (Å²) in [4.78, 5) is 22.0. The lowest BCUT2D eigenvalue weighted by atomic mass is 10.2. The molecule has 0 atom stereocenters. The molecule has 1 N–H and O–H groups in total. The summed E-state index contributed by atoms with van der Waals surface area (Å²) in [5.74, 6) is -0.412. The molecule has 0 heterocycles. The van der Waals surface area contributed by atoms with Crippen LogP contribution < -0.4 is 5.32 Å². The van der Waals surface area contributed by atoms with Crippen molar-refractivity contribution in [3.8, 4) is 0 Å². The predicted molar refractivity (Wildman–Crippen MR) is 61.7 cm³/mol. The lowest BCUT2D eigenvalue weighted by molar-refractivity contribution is -0.148. The molecule has 0 saturated heterocycles. The van der Waals surface area contributed by atoms with Gasteiger partial charge in [-0.25, -0.2) is 9.59 Å². The number of carbonyl (C=O) groups excluding carboxylic acids is 2. The molecule has 100 valence electrons. The molecule has 0 unspecified atom stereocenters. The summed E-state index contributed by atoms with van der Waals surface area (Å²) in [6.07, 6.45) is -0.503. The Bertz CT molecular complexity index is 247. The maximum absolute atomic E-state index is 11.2. The van der Waals surface area contributed by atoms with Gasteiger partial charge in [-0.15, -0.1) is 0 Å². The van der Waals surface area contributed by atoms with Crippen LogP contribution in [-0.2, 0) is 19.0 Å². The van der Waals surface area contributed by atoms with Crippen molar-refractivity contribution in [2.24, 2.45) is 0 Å². The largest absolute Gasteiger partial charge is 0.464 e. The van der Waals surface area contributed by atoms with Crippen LogP contribution in [0.5, 0.6) is 0 Å². The lowest BCUT2D eigenvalue weighted by Gasteiger charge is -2.19. The number of rotatable bonds is 6. The first kappa shape index (κ1) is 15.7. The van der Waals surface area contributed by atoms with Gasteiger partial charge in [0.1, 0.15) is 12.2 Å². The average molecular weight is 247 g/mol. The van der Waals surface area contributed by atoms with E-state index in [9.17, 15) is 9.59 Å². The molecule has 6 nitrogen and oxygen atoms in total. The highest BCUT2D eigenvalue weighted by Crippen LogP contribution is 2.05. The van der Waals surface area contributed by atoms with Crippen molar-refractivity contribution >= 4 is 12.1 Å². The standard InChI is InChI=1S/C11H21NO5/c1-5-16-9(13)8-15-7-6-12-10(14)17-11(2,3)4/h5-8H2,1-4H3,(H,12,14). The van der Waals surface area contributed by atoms with Crippen molar-refractivity contribution in [1.29, 1.82) is 0 Å². The number of nitrogens with one attached hydrogen (secondary N) is 1. The summed E-state index contributed by atoms with van der Waals surface area (Å²) in [5, 5.41) is 2.51. The Morgan fingerprint density at radius 1 is 1.24 bits per heavy atom. The average Bonchev–Trinajstić information content (AvgIpc) is 2.14. The normalized spacial score (nSPS) is 10.8. The number of hydrogen-bond acceptors (Lipinski definition) is 5. The van der Waals surface area contributed by atoms with E-state index in [1.54, 1.807) is 27.7 Å². The third-order valence-electron chi connectivity index (χ3n) is 1.44. The number of amides is 1. The molecule has 0 radical (unpaired) electrons. The zero-order valence-corrected chi connectivity index (χ0v) is 10.9. The van der Waals surface area contributed by atoms with Crippen LogP contribution in [0.4, 0.5) is 4.79 Å². The summed E-state index contributed by atoms with van der Waals surface area (Å²) in [6, 6.07) is 0. The smallest absolute Gasteiger partial charge is 0.407 e. The second-order valence-electron chi connectivity index (χ2n) is 4.29. The number of carbonyl (C=O) groups is 2. The van der Waals surface area contributed by atoms with Crippen molar-refractivity contribution in [2.75, 3.05) is 26.4 Å². The Morgan fingerprint density at radius 3 is 2.41 bits per heavy atom. The van der Waals surface area contributed by atoms with Crippen molar-refractivity contribution in [1.82, 2.24) is 5.32 Å². The topological polar surface area (TPSA) is 73.9 Å². The van der Waals surface area contributed by atoms with Gasteiger partial charge in [0, 0.05) is 6.54 Å². The zero-order valence-electron chi connectivity index (χ0n) is 10.9. The molecular weight excluding hydrogens is 226 g/mol. The van der Waals surface area contributed by atoms with Crippen LogP contribution in [0, 0.1) is 0 Å². The number of esters is 1. The maximum atomic E-state index is 11.2. The second kappa shape index (κ2) is 7.89. The highest BCUT2D eigenvalue weighted by molar-refractivity contribution is 5.70. The highest BCUT2D eigenvalue weighted by atomic mass is 16.6. The van der Waals surface area contributed by atoms with Crippen LogP contribution in [-0.4, -0.2) is 44.0 Å². The van der Waals surface area contributed by atoms with E-state index in [0.717, 1.165) is 0 Å². The van der Waals surface area contributed by atoms with Gasteiger partial charge in [-0.2, -0.15) is 0 Å². The molecule has 0 aromatic heterocycles. The molecule has 6 heteroatoms. The van der Waals surface area contributed by atoms with E-state index in [0.29, 0.717) is 6.61 Å². The van der Waals surface area contributed by atoms with Crippen LogP contribution in [0.2, 0.25) is 0 Å². The molecule has 1 amide bonds. The zero-order chi connectivity index (χ0) is 13.3. The highest BCUT2D eigenvalue weighted by Gasteiger charge is 2.15. The van der Waals surface area contributed by atoms with Gasteiger partial charge in [0.25, 0.3) is 0 Å². The maximum Gasteiger partial charge on any atom is 0.407 e. The molecule has 0 aromatic carbocycles. The minimum Gasteiger partial charge on any atom is -0.464 e. The van der Waals surface area contributed by atoms with Crippen LogP contribution in [0.3, 0.4) is 0 Å². The third kappa shape index (κ3) is 11.0. The molecule has 0 spiro atoms. The predicted octanol–water partition coefficient (Wildman–Crippen LogP) is 1.09. The monoisotopic (exact) mass is 247 g/mol. The number of hydrogen-bond donors (Lipinski definition) is 1. The van der Waals surface area contributed by atoms with E-state index >= 15 is 0 Å². The van der Waals surface area contributed by atoms with Gasteiger partial charge in [0.2, 0.25) is 0 Å². The Hall–Kier alpha value is -1.30. The van der Waals surface area contributed by atoms with Crippen molar-refractivity contribution in [2.45, 2.75) is 33.3 Å².